The largest absolute Gasteiger partial charge is 0.494 e. The summed E-state index contributed by atoms with van der Waals surface area (Å²) in [5.41, 5.74) is 2.70. The molecule has 0 saturated carbocycles. The first-order chi connectivity index (χ1) is 10.3. The Bertz CT molecular complexity index is 395. The van der Waals surface area contributed by atoms with Crippen LogP contribution in [0.15, 0.2) is 29.8 Å². The molecule has 0 unspecified atom stereocenters. The van der Waals surface area contributed by atoms with Gasteiger partial charge in [0.1, 0.15) is 5.75 Å². The molecular weight excluding hydrogens is 258 g/mol. The summed E-state index contributed by atoms with van der Waals surface area (Å²) in [6.07, 6.45) is 8.17. The molecule has 0 atom stereocenters. The second-order valence-corrected chi connectivity index (χ2v) is 5.46. The van der Waals surface area contributed by atoms with Crippen LogP contribution in [0, 0.1) is 0 Å². The molecule has 0 spiro atoms. The van der Waals surface area contributed by atoms with Gasteiger partial charge in [0.25, 0.3) is 0 Å². The molecule has 0 aliphatic rings. The van der Waals surface area contributed by atoms with Crippen LogP contribution in [0.5, 0.6) is 5.75 Å². The standard InChI is InChI=1S/C19H31NO/c1-4-7-8-14-21-19-11-9-18(10-12-19)15-17(6-3)16-20-13-5-2/h9-12,15,20H,4-8,13-14,16H2,1-3H3. The molecule has 0 aromatic heterocycles. The Morgan fingerprint density at radius 3 is 2.43 bits per heavy atom. The van der Waals surface area contributed by atoms with Gasteiger partial charge in [-0.1, -0.05) is 57.4 Å². The van der Waals surface area contributed by atoms with E-state index in [1.807, 2.05) is 0 Å². The minimum absolute atomic E-state index is 0.824. The topological polar surface area (TPSA) is 21.3 Å². The molecule has 0 bridgehead atoms. The Hall–Kier alpha value is -1.28. The highest BCUT2D eigenvalue weighted by atomic mass is 16.5. The van der Waals surface area contributed by atoms with Gasteiger partial charge in [0.05, 0.1) is 6.61 Å². The zero-order valence-electron chi connectivity index (χ0n) is 14.0. The molecule has 118 valence electrons. The highest BCUT2D eigenvalue weighted by molar-refractivity contribution is 5.54. The zero-order chi connectivity index (χ0) is 15.3. The fourth-order valence-corrected chi connectivity index (χ4v) is 2.14. The third-order valence-electron chi connectivity index (χ3n) is 3.50. The van der Waals surface area contributed by atoms with Crippen molar-refractivity contribution in [2.45, 2.75) is 52.9 Å². The summed E-state index contributed by atoms with van der Waals surface area (Å²) in [4.78, 5) is 0. The van der Waals surface area contributed by atoms with E-state index in [9.17, 15) is 0 Å². The molecule has 0 heterocycles. The van der Waals surface area contributed by atoms with E-state index in [1.54, 1.807) is 0 Å². The van der Waals surface area contributed by atoms with Crippen LogP contribution in [-0.2, 0) is 0 Å². The predicted octanol–water partition coefficient (Wildman–Crippen LogP) is 5.05. The maximum Gasteiger partial charge on any atom is 0.119 e. The number of unbranched alkanes of at least 4 members (excludes halogenated alkanes) is 2. The summed E-state index contributed by atoms with van der Waals surface area (Å²) in [5, 5.41) is 3.46. The van der Waals surface area contributed by atoms with E-state index in [2.05, 4.69) is 56.4 Å². The molecule has 1 N–H and O–H groups in total. The van der Waals surface area contributed by atoms with E-state index in [0.29, 0.717) is 0 Å². The Morgan fingerprint density at radius 1 is 1.05 bits per heavy atom. The van der Waals surface area contributed by atoms with Gasteiger partial charge in [0.2, 0.25) is 0 Å². The molecule has 1 rings (SSSR count). The third-order valence-corrected chi connectivity index (χ3v) is 3.50. The second-order valence-electron chi connectivity index (χ2n) is 5.46. The molecule has 0 saturated heterocycles. The van der Waals surface area contributed by atoms with Crippen LogP contribution < -0.4 is 10.1 Å². The molecule has 1 aromatic carbocycles. The average molecular weight is 289 g/mol. The summed E-state index contributed by atoms with van der Waals surface area (Å²) < 4.78 is 5.74. The van der Waals surface area contributed by atoms with Crippen LogP contribution >= 0.6 is 0 Å². The Kier molecular flexibility index (Phi) is 9.64. The maximum atomic E-state index is 5.74. The lowest BCUT2D eigenvalue weighted by Crippen LogP contribution is -2.17. The van der Waals surface area contributed by atoms with Gasteiger partial charge in [-0.2, -0.15) is 0 Å². The fourth-order valence-electron chi connectivity index (χ4n) is 2.14. The van der Waals surface area contributed by atoms with E-state index in [0.717, 1.165) is 38.3 Å². The number of nitrogens with one attached hydrogen (secondary N) is 1. The van der Waals surface area contributed by atoms with Crippen LogP contribution in [-0.4, -0.2) is 19.7 Å². The summed E-state index contributed by atoms with van der Waals surface area (Å²) >= 11 is 0. The highest BCUT2D eigenvalue weighted by Gasteiger charge is 1.97. The van der Waals surface area contributed by atoms with Gasteiger partial charge < -0.3 is 10.1 Å². The maximum absolute atomic E-state index is 5.74. The molecule has 0 aliphatic carbocycles. The first-order valence-corrected chi connectivity index (χ1v) is 8.43. The minimum atomic E-state index is 0.824. The van der Waals surface area contributed by atoms with E-state index < -0.39 is 0 Å². The van der Waals surface area contributed by atoms with Crippen LogP contribution in [0.25, 0.3) is 6.08 Å². The first-order valence-electron chi connectivity index (χ1n) is 8.43. The lowest BCUT2D eigenvalue weighted by molar-refractivity contribution is 0.306. The normalized spacial score (nSPS) is 11.7. The van der Waals surface area contributed by atoms with Crippen molar-refractivity contribution in [3.63, 3.8) is 0 Å². The molecule has 0 radical (unpaired) electrons. The Morgan fingerprint density at radius 2 is 1.81 bits per heavy atom. The van der Waals surface area contributed by atoms with E-state index in [-0.39, 0.29) is 0 Å². The van der Waals surface area contributed by atoms with Crippen molar-refractivity contribution in [3.05, 3.63) is 35.4 Å². The molecule has 0 fully saturated rings. The molecular formula is C19H31NO. The average Bonchev–Trinajstić information content (AvgIpc) is 2.52. The predicted molar refractivity (Wildman–Crippen MR) is 92.9 cm³/mol. The molecule has 0 aliphatic heterocycles. The first kappa shape index (κ1) is 17.8. The number of benzene rings is 1. The van der Waals surface area contributed by atoms with Crippen molar-refractivity contribution < 1.29 is 4.74 Å². The summed E-state index contributed by atoms with van der Waals surface area (Å²) in [5.74, 6) is 0.977. The van der Waals surface area contributed by atoms with Crippen LogP contribution in [0.4, 0.5) is 0 Å². The Balaban J connectivity index is 2.47. The van der Waals surface area contributed by atoms with Gasteiger partial charge in [-0.3, -0.25) is 0 Å². The van der Waals surface area contributed by atoms with Crippen molar-refractivity contribution >= 4 is 6.08 Å². The third kappa shape index (κ3) is 7.91. The highest BCUT2D eigenvalue weighted by Crippen LogP contribution is 2.16. The molecule has 0 amide bonds. The summed E-state index contributed by atoms with van der Waals surface area (Å²) in [6.45, 7) is 9.51. The Labute approximate surface area is 130 Å². The lowest BCUT2D eigenvalue weighted by Gasteiger charge is -2.08. The molecule has 1 aromatic rings. The van der Waals surface area contributed by atoms with Gasteiger partial charge in [-0.05, 0) is 43.5 Å². The quantitative estimate of drug-likeness (QED) is 0.576. The van der Waals surface area contributed by atoms with Gasteiger partial charge in [0.15, 0.2) is 0 Å². The van der Waals surface area contributed by atoms with Crippen molar-refractivity contribution in [1.82, 2.24) is 5.32 Å². The molecule has 2 heteroatoms. The van der Waals surface area contributed by atoms with Gasteiger partial charge in [0, 0.05) is 6.54 Å². The number of rotatable bonds is 11. The molecule has 21 heavy (non-hydrogen) atoms. The SMILES string of the molecule is CCCCCOc1ccc(C=C(CC)CNCCC)cc1. The molecule has 2 nitrogen and oxygen atoms in total. The smallest absolute Gasteiger partial charge is 0.119 e. The van der Waals surface area contributed by atoms with E-state index in [4.69, 9.17) is 4.74 Å². The number of hydrogen-bond acceptors (Lipinski definition) is 2. The van der Waals surface area contributed by atoms with Crippen molar-refractivity contribution in [2.75, 3.05) is 19.7 Å². The monoisotopic (exact) mass is 289 g/mol. The van der Waals surface area contributed by atoms with E-state index in [1.165, 1.54) is 30.4 Å². The summed E-state index contributed by atoms with van der Waals surface area (Å²) in [6, 6.07) is 8.43. The van der Waals surface area contributed by atoms with Crippen molar-refractivity contribution in [1.29, 1.82) is 0 Å². The second kappa shape index (κ2) is 11.4. The van der Waals surface area contributed by atoms with Gasteiger partial charge >= 0.3 is 0 Å². The van der Waals surface area contributed by atoms with E-state index >= 15 is 0 Å². The van der Waals surface area contributed by atoms with Crippen molar-refractivity contribution in [2.24, 2.45) is 0 Å². The number of hydrogen-bond donors (Lipinski definition) is 1. The van der Waals surface area contributed by atoms with Crippen molar-refractivity contribution in [3.8, 4) is 5.75 Å². The van der Waals surface area contributed by atoms with Gasteiger partial charge in [-0.15, -0.1) is 0 Å². The van der Waals surface area contributed by atoms with Gasteiger partial charge in [-0.25, -0.2) is 0 Å². The van der Waals surface area contributed by atoms with Crippen LogP contribution in [0.1, 0.15) is 58.4 Å². The lowest BCUT2D eigenvalue weighted by atomic mass is 10.1. The minimum Gasteiger partial charge on any atom is -0.494 e. The van der Waals surface area contributed by atoms with Crippen LogP contribution in [0.2, 0.25) is 0 Å². The zero-order valence-corrected chi connectivity index (χ0v) is 14.0. The summed E-state index contributed by atoms with van der Waals surface area (Å²) in [7, 11) is 0. The fraction of sp³-hybridized carbons (Fsp3) is 0.579. The number of ether oxygens (including phenoxy) is 1. The van der Waals surface area contributed by atoms with Crippen LogP contribution in [0.3, 0.4) is 0 Å².